The molecule has 94 valence electrons. The van der Waals surface area contributed by atoms with Gasteiger partial charge < -0.3 is 5.32 Å². The van der Waals surface area contributed by atoms with Gasteiger partial charge in [-0.25, -0.2) is 0 Å². The van der Waals surface area contributed by atoms with E-state index in [0.717, 1.165) is 18.5 Å². The highest BCUT2D eigenvalue weighted by molar-refractivity contribution is 5.33. The summed E-state index contributed by atoms with van der Waals surface area (Å²) in [6, 6.07) is 6.96. The lowest BCUT2D eigenvalue weighted by molar-refractivity contribution is -0.384. The average Bonchev–Trinajstić information content (AvgIpc) is 2.28. The van der Waals surface area contributed by atoms with Crippen molar-refractivity contribution in [3.63, 3.8) is 0 Å². The molecule has 1 rings (SSSR count). The van der Waals surface area contributed by atoms with Gasteiger partial charge in [0.1, 0.15) is 0 Å². The van der Waals surface area contributed by atoms with E-state index in [4.69, 9.17) is 0 Å². The normalized spacial score (nSPS) is 12.7. The number of benzene rings is 1. The number of rotatable bonds is 6. The van der Waals surface area contributed by atoms with Crippen LogP contribution < -0.4 is 5.32 Å². The minimum Gasteiger partial charge on any atom is -0.310 e. The van der Waals surface area contributed by atoms with E-state index in [-0.39, 0.29) is 16.7 Å². The van der Waals surface area contributed by atoms with E-state index in [9.17, 15) is 10.1 Å². The Kier molecular flexibility index (Phi) is 5.10. The fourth-order valence-electron chi connectivity index (χ4n) is 1.59. The molecule has 0 fully saturated rings. The summed E-state index contributed by atoms with van der Waals surface area (Å²) in [6.45, 7) is 7.42. The van der Waals surface area contributed by atoms with Crippen molar-refractivity contribution in [3.05, 3.63) is 39.9 Å². The third-order valence-corrected chi connectivity index (χ3v) is 2.78. The van der Waals surface area contributed by atoms with Gasteiger partial charge in [0.25, 0.3) is 5.69 Å². The summed E-state index contributed by atoms with van der Waals surface area (Å²) < 4.78 is 0. The number of hydrogen-bond acceptors (Lipinski definition) is 3. The predicted octanol–water partition coefficient (Wildman–Crippen LogP) is 3.29. The molecule has 0 saturated heterocycles. The maximum atomic E-state index is 10.5. The quantitative estimate of drug-likeness (QED) is 0.609. The fraction of sp³-hybridized carbons (Fsp3) is 0.538. The predicted molar refractivity (Wildman–Crippen MR) is 69.0 cm³/mol. The zero-order valence-corrected chi connectivity index (χ0v) is 10.6. The zero-order chi connectivity index (χ0) is 12.8. The molecule has 0 aromatic heterocycles. The van der Waals surface area contributed by atoms with Crippen LogP contribution in [0.25, 0.3) is 0 Å². The largest absolute Gasteiger partial charge is 0.310 e. The lowest BCUT2D eigenvalue weighted by Gasteiger charge is -2.14. The van der Waals surface area contributed by atoms with E-state index in [1.54, 1.807) is 12.1 Å². The second kappa shape index (κ2) is 6.35. The van der Waals surface area contributed by atoms with Gasteiger partial charge in [-0.1, -0.05) is 26.0 Å². The summed E-state index contributed by atoms with van der Waals surface area (Å²) in [4.78, 5) is 10.1. The summed E-state index contributed by atoms with van der Waals surface area (Å²) >= 11 is 0. The van der Waals surface area contributed by atoms with Crippen LogP contribution in [0.3, 0.4) is 0 Å². The summed E-state index contributed by atoms with van der Waals surface area (Å²) in [5.74, 6) is 0.687. The number of hydrogen-bond donors (Lipinski definition) is 1. The molecule has 1 aromatic rings. The molecule has 4 nitrogen and oxygen atoms in total. The molecule has 0 aliphatic heterocycles. The van der Waals surface area contributed by atoms with Crippen LogP contribution in [0.5, 0.6) is 0 Å². The summed E-state index contributed by atoms with van der Waals surface area (Å²) in [6.07, 6.45) is 1.14. The highest BCUT2D eigenvalue weighted by Gasteiger charge is 2.08. The second-order valence-corrected chi connectivity index (χ2v) is 4.71. The molecular formula is C13H20N2O2. The molecular weight excluding hydrogens is 216 g/mol. The highest BCUT2D eigenvalue weighted by Crippen LogP contribution is 2.17. The summed E-state index contributed by atoms with van der Waals surface area (Å²) in [7, 11) is 0. The molecule has 1 aromatic carbocycles. The van der Waals surface area contributed by atoms with Crippen molar-refractivity contribution < 1.29 is 4.92 Å². The van der Waals surface area contributed by atoms with Gasteiger partial charge in [0.2, 0.25) is 0 Å². The molecule has 0 aliphatic carbocycles. The van der Waals surface area contributed by atoms with Crippen LogP contribution in [0.1, 0.15) is 38.8 Å². The molecule has 0 saturated carbocycles. The van der Waals surface area contributed by atoms with Gasteiger partial charge in [-0.15, -0.1) is 0 Å². The number of nitro groups is 1. The van der Waals surface area contributed by atoms with E-state index in [1.807, 2.05) is 12.1 Å². The minimum absolute atomic E-state index is 0.142. The number of non-ortho nitro benzene ring substituents is 1. The third-order valence-electron chi connectivity index (χ3n) is 2.78. The molecule has 1 unspecified atom stereocenters. The molecule has 0 heterocycles. The second-order valence-electron chi connectivity index (χ2n) is 4.71. The topological polar surface area (TPSA) is 55.2 Å². The average molecular weight is 236 g/mol. The Balaban J connectivity index is 2.51. The van der Waals surface area contributed by atoms with E-state index in [1.165, 1.54) is 0 Å². The van der Waals surface area contributed by atoms with Gasteiger partial charge >= 0.3 is 0 Å². The first-order valence-corrected chi connectivity index (χ1v) is 5.98. The van der Waals surface area contributed by atoms with Crippen LogP contribution in [0.15, 0.2) is 24.3 Å². The van der Waals surface area contributed by atoms with Gasteiger partial charge in [0.05, 0.1) is 4.92 Å². The molecule has 0 radical (unpaired) electrons. The molecule has 0 aliphatic rings. The Hall–Kier alpha value is -1.42. The first kappa shape index (κ1) is 13.6. The van der Waals surface area contributed by atoms with Crippen LogP contribution >= 0.6 is 0 Å². The van der Waals surface area contributed by atoms with Gasteiger partial charge in [-0.3, -0.25) is 10.1 Å². The van der Waals surface area contributed by atoms with Crippen molar-refractivity contribution in [2.75, 3.05) is 6.54 Å². The van der Waals surface area contributed by atoms with Gasteiger partial charge in [0.15, 0.2) is 0 Å². The molecule has 1 atom stereocenters. The molecule has 17 heavy (non-hydrogen) atoms. The minimum atomic E-state index is -0.374. The monoisotopic (exact) mass is 236 g/mol. The van der Waals surface area contributed by atoms with Crippen LogP contribution in [0.4, 0.5) is 5.69 Å². The molecule has 1 N–H and O–H groups in total. The Morgan fingerprint density at radius 1 is 1.24 bits per heavy atom. The third kappa shape index (κ3) is 4.53. The Morgan fingerprint density at radius 2 is 1.82 bits per heavy atom. The van der Waals surface area contributed by atoms with Crippen molar-refractivity contribution in [1.82, 2.24) is 5.32 Å². The van der Waals surface area contributed by atoms with E-state index in [0.29, 0.717) is 5.92 Å². The van der Waals surface area contributed by atoms with Crippen LogP contribution in [-0.4, -0.2) is 11.5 Å². The maximum Gasteiger partial charge on any atom is 0.269 e. The Labute approximate surface area is 102 Å². The lowest BCUT2D eigenvalue weighted by Crippen LogP contribution is -2.20. The van der Waals surface area contributed by atoms with E-state index in [2.05, 4.69) is 26.1 Å². The van der Waals surface area contributed by atoms with Crippen LogP contribution in [0, 0.1) is 16.0 Å². The van der Waals surface area contributed by atoms with Crippen molar-refractivity contribution in [1.29, 1.82) is 0 Å². The lowest BCUT2D eigenvalue weighted by atomic mass is 10.1. The Morgan fingerprint density at radius 3 is 2.29 bits per heavy atom. The summed E-state index contributed by atoms with van der Waals surface area (Å²) in [5.41, 5.74) is 1.22. The summed E-state index contributed by atoms with van der Waals surface area (Å²) in [5, 5.41) is 13.9. The van der Waals surface area contributed by atoms with Gasteiger partial charge in [0, 0.05) is 18.2 Å². The number of nitrogens with one attached hydrogen (secondary N) is 1. The van der Waals surface area contributed by atoms with Crippen molar-refractivity contribution >= 4 is 5.69 Å². The van der Waals surface area contributed by atoms with E-state index < -0.39 is 0 Å². The molecule has 0 bridgehead atoms. The zero-order valence-electron chi connectivity index (χ0n) is 10.6. The molecule has 4 heteroatoms. The van der Waals surface area contributed by atoms with E-state index >= 15 is 0 Å². The highest BCUT2D eigenvalue weighted by atomic mass is 16.6. The molecule has 0 amide bonds. The van der Waals surface area contributed by atoms with Crippen LogP contribution in [-0.2, 0) is 0 Å². The fourth-order valence-corrected chi connectivity index (χ4v) is 1.59. The van der Waals surface area contributed by atoms with Crippen molar-refractivity contribution in [2.24, 2.45) is 5.92 Å². The first-order valence-electron chi connectivity index (χ1n) is 5.98. The number of nitrogens with zero attached hydrogens (tertiary/aromatic N) is 1. The number of nitro benzene ring substituents is 1. The van der Waals surface area contributed by atoms with Crippen molar-refractivity contribution in [2.45, 2.75) is 33.2 Å². The molecule has 0 spiro atoms. The first-order chi connectivity index (χ1) is 8.00. The van der Waals surface area contributed by atoms with Gasteiger partial charge in [-0.2, -0.15) is 0 Å². The Bertz CT molecular complexity index is 360. The van der Waals surface area contributed by atoms with Crippen molar-refractivity contribution in [3.8, 4) is 0 Å². The SMILES string of the molecule is CC(C)CCNC(C)c1ccc([N+](=O)[O-])cc1. The smallest absolute Gasteiger partial charge is 0.269 e. The van der Waals surface area contributed by atoms with Gasteiger partial charge in [-0.05, 0) is 31.4 Å². The standard InChI is InChI=1S/C13H20N2O2/c1-10(2)8-9-14-11(3)12-4-6-13(7-5-12)15(16)17/h4-7,10-11,14H,8-9H2,1-3H3. The van der Waals surface area contributed by atoms with Crippen LogP contribution in [0.2, 0.25) is 0 Å². The maximum absolute atomic E-state index is 10.5.